The van der Waals surface area contributed by atoms with Gasteiger partial charge in [-0.1, -0.05) is 0 Å². The highest BCUT2D eigenvalue weighted by atomic mass is 16.5. The molecule has 4 nitrogen and oxygen atoms in total. The Kier molecular flexibility index (Phi) is 3.48. The van der Waals surface area contributed by atoms with Crippen molar-refractivity contribution in [1.82, 2.24) is 0 Å². The molecule has 0 unspecified atom stereocenters. The number of methoxy groups -OCH3 is 1. The lowest BCUT2D eigenvalue weighted by molar-refractivity contribution is -0.131. The van der Waals surface area contributed by atoms with Gasteiger partial charge >= 0.3 is 5.97 Å². The van der Waals surface area contributed by atoms with E-state index < -0.39 is 5.97 Å². The predicted octanol–water partition coefficient (Wildman–Crippen LogP) is 1.70. The third kappa shape index (κ3) is 2.74. The number of aliphatic carboxylic acids is 1. The van der Waals surface area contributed by atoms with Gasteiger partial charge in [-0.2, -0.15) is 0 Å². The Hall–Kier alpha value is -1.55. The largest absolute Gasteiger partial charge is 0.478 e. The summed E-state index contributed by atoms with van der Waals surface area (Å²) >= 11 is 0. The molecule has 76 valence electrons. The van der Waals surface area contributed by atoms with Crippen molar-refractivity contribution in [3.8, 4) is 0 Å². The van der Waals surface area contributed by atoms with E-state index in [2.05, 4.69) is 0 Å². The summed E-state index contributed by atoms with van der Waals surface area (Å²) < 4.78 is 10.2. The Morgan fingerprint density at radius 2 is 2.36 bits per heavy atom. The van der Waals surface area contributed by atoms with Crippen LogP contribution in [-0.4, -0.2) is 24.8 Å². The van der Waals surface area contributed by atoms with Crippen LogP contribution in [0.3, 0.4) is 0 Å². The summed E-state index contributed by atoms with van der Waals surface area (Å²) in [5.74, 6) is 0.269. The van der Waals surface area contributed by atoms with Crippen molar-refractivity contribution in [2.75, 3.05) is 13.7 Å². The van der Waals surface area contributed by atoms with Crippen LogP contribution in [0.5, 0.6) is 0 Å². The van der Waals surface area contributed by atoms with Gasteiger partial charge in [0.15, 0.2) is 0 Å². The first kappa shape index (κ1) is 10.5. The van der Waals surface area contributed by atoms with Crippen molar-refractivity contribution in [3.05, 3.63) is 29.7 Å². The Labute approximate surface area is 81.8 Å². The van der Waals surface area contributed by atoms with E-state index in [0.717, 1.165) is 11.8 Å². The molecule has 0 aliphatic heterocycles. The Morgan fingerprint density at radius 1 is 1.64 bits per heavy atom. The average Bonchev–Trinajstić information content (AvgIpc) is 2.50. The van der Waals surface area contributed by atoms with Crippen LogP contribution >= 0.6 is 0 Å². The van der Waals surface area contributed by atoms with E-state index >= 15 is 0 Å². The molecular weight excluding hydrogens is 184 g/mol. The highest BCUT2D eigenvalue weighted by molar-refractivity contribution is 5.89. The fourth-order valence-electron chi connectivity index (χ4n) is 1.10. The lowest BCUT2D eigenvalue weighted by Gasteiger charge is -2.01. The molecule has 0 atom stereocenters. The lowest BCUT2D eigenvalue weighted by Crippen LogP contribution is -1.97. The van der Waals surface area contributed by atoms with Crippen LogP contribution in [0.25, 0.3) is 5.57 Å². The van der Waals surface area contributed by atoms with E-state index in [4.69, 9.17) is 14.3 Å². The minimum Gasteiger partial charge on any atom is -0.478 e. The molecule has 0 aliphatic rings. The van der Waals surface area contributed by atoms with E-state index in [-0.39, 0.29) is 6.61 Å². The van der Waals surface area contributed by atoms with Crippen LogP contribution in [0.15, 0.2) is 22.6 Å². The maximum absolute atomic E-state index is 10.5. The monoisotopic (exact) mass is 196 g/mol. The Balaban J connectivity index is 2.93. The van der Waals surface area contributed by atoms with Crippen molar-refractivity contribution >= 4 is 11.5 Å². The number of carboxylic acid groups (broad SMARTS) is 1. The molecule has 0 aliphatic carbocycles. The van der Waals surface area contributed by atoms with Gasteiger partial charge in [-0.05, 0) is 19.1 Å². The fourth-order valence-corrected chi connectivity index (χ4v) is 1.10. The molecule has 0 fully saturated rings. The topological polar surface area (TPSA) is 59.7 Å². The van der Waals surface area contributed by atoms with Gasteiger partial charge in [0.2, 0.25) is 0 Å². The lowest BCUT2D eigenvalue weighted by atomic mass is 10.2. The number of aryl methyl sites for hydroxylation is 1. The minimum absolute atomic E-state index is 0.221. The van der Waals surface area contributed by atoms with E-state index in [1.54, 1.807) is 19.1 Å². The minimum atomic E-state index is -1.01. The van der Waals surface area contributed by atoms with Crippen molar-refractivity contribution in [2.24, 2.45) is 0 Å². The number of hydrogen-bond acceptors (Lipinski definition) is 3. The number of ether oxygens (including phenoxy) is 1. The normalized spacial score (nSPS) is 11.7. The second kappa shape index (κ2) is 4.62. The molecule has 14 heavy (non-hydrogen) atoms. The molecule has 0 radical (unpaired) electrons. The molecule has 0 aromatic carbocycles. The van der Waals surface area contributed by atoms with E-state index in [0.29, 0.717) is 11.3 Å². The summed E-state index contributed by atoms with van der Waals surface area (Å²) in [6.07, 6.45) is 1.09. The molecule has 1 aromatic heterocycles. The fraction of sp³-hybridized carbons (Fsp3) is 0.300. The Bertz CT molecular complexity index is 349. The zero-order chi connectivity index (χ0) is 10.6. The zero-order valence-corrected chi connectivity index (χ0v) is 8.11. The molecule has 1 heterocycles. The first-order valence-electron chi connectivity index (χ1n) is 4.12. The maximum Gasteiger partial charge on any atom is 0.328 e. The Morgan fingerprint density at radius 3 is 2.79 bits per heavy atom. The van der Waals surface area contributed by atoms with Gasteiger partial charge in [-0.15, -0.1) is 0 Å². The summed E-state index contributed by atoms with van der Waals surface area (Å²) in [6, 6.07) is 3.50. The summed E-state index contributed by atoms with van der Waals surface area (Å²) in [5.41, 5.74) is 0.521. The third-order valence-electron chi connectivity index (χ3n) is 1.65. The van der Waals surface area contributed by atoms with Crippen LogP contribution in [-0.2, 0) is 9.53 Å². The van der Waals surface area contributed by atoms with Crippen LogP contribution in [0.4, 0.5) is 0 Å². The molecule has 1 rings (SSSR count). The number of hydrogen-bond donors (Lipinski definition) is 1. The van der Waals surface area contributed by atoms with E-state index in [1.807, 2.05) is 0 Å². The number of furan rings is 1. The van der Waals surface area contributed by atoms with Crippen molar-refractivity contribution < 1.29 is 19.1 Å². The van der Waals surface area contributed by atoms with Crippen LogP contribution in [0.1, 0.15) is 11.5 Å². The van der Waals surface area contributed by atoms with Crippen LogP contribution in [0.2, 0.25) is 0 Å². The highest BCUT2D eigenvalue weighted by Crippen LogP contribution is 2.17. The van der Waals surface area contributed by atoms with Crippen LogP contribution < -0.4 is 0 Å². The standard InChI is InChI=1S/C10H12O4/c1-7-3-4-9(14-7)8(6-13-2)5-10(11)12/h3-5H,6H2,1-2H3,(H,11,12)/b8-5+. The van der Waals surface area contributed by atoms with Crippen LogP contribution in [0, 0.1) is 6.92 Å². The first-order valence-corrected chi connectivity index (χ1v) is 4.12. The van der Waals surface area contributed by atoms with Crippen molar-refractivity contribution in [1.29, 1.82) is 0 Å². The van der Waals surface area contributed by atoms with Gasteiger partial charge < -0.3 is 14.3 Å². The third-order valence-corrected chi connectivity index (χ3v) is 1.65. The molecule has 0 bridgehead atoms. The van der Waals surface area contributed by atoms with Crippen molar-refractivity contribution in [2.45, 2.75) is 6.92 Å². The molecule has 1 N–H and O–H groups in total. The van der Waals surface area contributed by atoms with E-state index in [9.17, 15) is 4.79 Å². The summed E-state index contributed by atoms with van der Waals surface area (Å²) in [7, 11) is 1.51. The van der Waals surface area contributed by atoms with Gasteiger partial charge in [-0.3, -0.25) is 0 Å². The van der Waals surface area contributed by atoms with Gasteiger partial charge in [-0.25, -0.2) is 4.79 Å². The maximum atomic E-state index is 10.5. The molecule has 0 amide bonds. The smallest absolute Gasteiger partial charge is 0.328 e. The van der Waals surface area contributed by atoms with Gasteiger partial charge in [0, 0.05) is 18.8 Å². The number of carbonyl (C=O) groups is 1. The molecule has 4 heteroatoms. The van der Waals surface area contributed by atoms with Gasteiger partial charge in [0.25, 0.3) is 0 Å². The highest BCUT2D eigenvalue weighted by Gasteiger charge is 2.07. The molecule has 1 aromatic rings. The molecule has 0 saturated heterocycles. The van der Waals surface area contributed by atoms with Gasteiger partial charge in [0.05, 0.1) is 6.61 Å². The SMILES string of the molecule is COC/C(=C\C(=O)O)c1ccc(C)o1. The second-order valence-corrected chi connectivity index (χ2v) is 2.85. The quantitative estimate of drug-likeness (QED) is 0.744. The second-order valence-electron chi connectivity index (χ2n) is 2.85. The summed E-state index contributed by atoms with van der Waals surface area (Å²) in [4.78, 5) is 10.5. The molecule has 0 spiro atoms. The summed E-state index contributed by atoms with van der Waals surface area (Å²) in [6.45, 7) is 2.02. The number of carboxylic acids is 1. The predicted molar refractivity (Wildman–Crippen MR) is 50.9 cm³/mol. The summed E-state index contributed by atoms with van der Waals surface area (Å²) in [5, 5.41) is 8.61. The first-order chi connectivity index (χ1) is 6.63. The average molecular weight is 196 g/mol. The van der Waals surface area contributed by atoms with Gasteiger partial charge in [0.1, 0.15) is 11.5 Å². The molecular formula is C10H12O4. The van der Waals surface area contributed by atoms with Crippen molar-refractivity contribution in [3.63, 3.8) is 0 Å². The van der Waals surface area contributed by atoms with E-state index in [1.165, 1.54) is 7.11 Å². The zero-order valence-electron chi connectivity index (χ0n) is 8.11. The number of rotatable bonds is 4. The molecule has 0 saturated carbocycles.